The Hall–Kier alpha value is -1.79. The quantitative estimate of drug-likeness (QED) is 0.682. The Labute approximate surface area is 92.6 Å². The van der Waals surface area contributed by atoms with E-state index >= 15 is 0 Å². The molecule has 0 saturated heterocycles. The maximum absolute atomic E-state index is 5.15. The van der Waals surface area contributed by atoms with Crippen LogP contribution in [0.2, 0.25) is 0 Å². The third-order valence-electron chi connectivity index (χ3n) is 1.82. The molecule has 2 aromatic heterocycles. The fraction of sp³-hybridized carbons (Fsp3) is 0.0833. The van der Waals surface area contributed by atoms with Gasteiger partial charge in [-0.25, -0.2) is 4.98 Å². The average Bonchev–Trinajstić information content (AvgIpc) is 2.79. The number of rotatable bonds is 1. The van der Waals surface area contributed by atoms with Gasteiger partial charge in [-0.15, -0.1) is 11.3 Å². The monoisotopic (exact) mass is 215 g/mol. The molecule has 0 amide bonds. The van der Waals surface area contributed by atoms with E-state index in [9.17, 15) is 0 Å². The van der Waals surface area contributed by atoms with Crippen molar-refractivity contribution < 1.29 is 4.74 Å². The molecule has 0 aliphatic carbocycles. The van der Waals surface area contributed by atoms with Crippen molar-refractivity contribution in [3.05, 3.63) is 46.4 Å². The highest BCUT2D eigenvalue weighted by atomic mass is 32.1. The fourth-order valence-corrected chi connectivity index (χ4v) is 1.69. The molecule has 74 valence electrons. The van der Waals surface area contributed by atoms with E-state index in [2.05, 4.69) is 16.8 Å². The molecule has 0 fully saturated rings. The molecule has 2 aromatic rings. The number of ether oxygens (including phenoxy) is 1. The van der Waals surface area contributed by atoms with Gasteiger partial charge in [-0.1, -0.05) is 6.07 Å². The van der Waals surface area contributed by atoms with E-state index < -0.39 is 0 Å². The molecule has 0 spiro atoms. The van der Waals surface area contributed by atoms with Crippen molar-refractivity contribution in [2.24, 2.45) is 0 Å². The van der Waals surface area contributed by atoms with E-state index in [4.69, 9.17) is 4.74 Å². The standard InChI is InChI=1S/C12H9NOS/c1-14-12-5-2-8-13-11(12)7-6-10-4-3-9-15-10/h2-5,8-9H,1H3. The maximum atomic E-state index is 5.15. The van der Waals surface area contributed by atoms with Crippen molar-refractivity contribution in [1.82, 2.24) is 4.98 Å². The summed E-state index contributed by atoms with van der Waals surface area (Å²) in [4.78, 5) is 5.19. The summed E-state index contributed by atoms with van der Waals surface area (Å²) in [6.45, 7) is 0. The molecule has 0 N–H and O–H groups in total. The molecule has 0 radical (unpaired) electrons. The Morgan fingerprint density at radius 1 is 1.27 bits per heavy atom. The molecule has 0 unspecified atom stereocenters. The van der Waals surface area contributed by atoms with Crippen molar-refractivity contribution in [3.8, 4) is 17.6 Å². The zero-order chi connectivity index (χ0) is 10.5. The molecule has 15 heavy (non-hydrogen) atoms. The lowest BCUT2D eigenvalue weighted by Gasteiger charge is -1.99. The van der Waals surface area contributed by atoms with Crippen LogP contribution in [0.5, 0.6) is 5.75 Å². The zero-order valence-electron chi connectivity index (χ0n) is 8.23. The number of hydrogen-bond donors (Lipinski definition) is 0. The number of methoxy groups -OCH3 is 1. The van der Waals surface area contributed by atoms with Crippen molar-refractivity contribution in [2.75, 3.05) is 7.11 Å². The molecule has 2 heterocycles. The van der Waals surface area contributed by atoms with Crippen molar-refractivity contribution >= 4 is 11.3 Å². The van der Waals surface area contributed by atoms with Crippen LogP contribution in [0.1, 0.15) is 10.6 Å². The summed E-state index contributed by atoms with van der Waals surface area (Å²) in [6, 6.07) is 7.64. The van der Waals surface area contributed by atoms with E-state index in [1.54, 1.807) is 24.6 Å². The molecule has 0 aliphatic heterocycles. The van der Waals surface area contributed by atoms with Crippen LogP contribution in [-0.2, 0) is 0 Å². The number of thiophene rings is 1. The van der Waals surface area contributed by atoms with Gasteiger partial charge >= 0.3 is 0 Å². The second kappa shape index (κ2) is 4.63. The normalized spacial score (nSPS) is 9.13. The maximum Gasteiger partial charge on any atom is 0.155 e. The van der Waals surface area contributed by atoms with Gasteiger partial charge in [0.1, 0.15) is 0 Å². The van der Waals surface area contributed by atoms with E-state index in [1.165, 1.54) is 0 Å². The Morgan fingerprint density at radius 3 is 2.93 bits per heavy atom. The Morgan fingerprint density at radius 2 is 2.20 bits per heavy atom. The Kier molecular flexibility index (Phi) is 3.01. The number of nitrogens with zero attached hydrogens (tertiary/aromatic N) is 1. The summed E-state index contributed by atoms with van der Waals surface area (Å²) >= 11 is 1.61. The van der Waals surface area contributed by atoms with Gasteiger partial charge in [-0.05, 0) is 35.4 Å². The van der Waals surface area contributed by atoms with Crippen molar-refractivity contribution in [1.29, 1.82) is 0 Å². The molecule has 2 nitrogen and oxygen atoms in total. The first-order chi connectivity index (χ1) is 7.40. The zero-order valence-corrected chi connectivity index (χ0v) is 9.04. The van der Waals surface area contributed by atoms with Crippen LogP contribution in [0, 0.1) is 11.8 Å². The van der Waals surface area contributed by atoms with Crippen molar-refractivity contribution in [2.45, 2.75) is 0 Å². The molecular weight excluding hydrogens is 206 g/mol. The SMILES string of the molecule is COc1cccnc1C#Cc1cccs1. The first kappa shape index (κ1) is 9.75. The predicted molar refractivity (Wildman–Crippen MR) is 61.1 cm³/mol. The smallest absolute Gasteiger partial charge is 0.155 e. The van der Waals surface area contributed by atoms with Gasteiger partial charge in [0.2, 0.25) is 0 Å². The summed E-state index contributed by atoms with van der Waals surface area (Å²) in [5.41, 5.74) is 0.674. The molecule has 2 rings (SSSR count). The molecule has 0 bridgehead atoms. The van der Waals surface area contributed by atoms with Crippen LogP contribution in [-0.4, -0.2) is 12.1 Å². The lowest BCUT2D eigenvalue weighted by molar-refractivity contribution is 0.411. The van der Waals surface area contributed by atoms with E-state index in [-0.39, 0.29) is 0 Å². The van der Waals surface area contributed by atoms with Gasteiger partial charge in [-0.2, -0.15) is 0 Å². The summed E-state index contributed by atoms with van der Waals surface area (Å²) in [5, 5.41) is 2.00. The highest BCUT2D eigenvalue weighted by Gasteiger charge is 1.98. The molecule has 3 heteroatoms. The molecule has 0 aromatic carbocycles. The lowest BCUT2D eigenvalue weighted by Crippen LogP contribution is -1.89. The first-order valence-electron chi connectivity index (χ1n) is 4.44. The van der Waals surface area contributed by atoms with Gasteiger partial charge in [0.25, 0.3) is 0 Å². The largest absolute Gasteiger partial charge is 0.494 e. The van der Waals surface area contributed by atoms with Gasteiger partial charge in [-0.3, -0.25) is 0 Å². The van der Waals surface area contributed by atoms with Crippen LogP contribution in [0.25, 0.3) is 0 Å². The van der Waals surface area contributed by atoms with Gasteiger partial charge in [0, 0.05) is 6.20 Å². The molecule has 0 saturated carbocycles. The summed E-state index contributed by atoms with van der Waals surface area (Å²) in [7, 11) is 1.62. The Balaban J connectivity index is 2.31. The number of aromatic nitrogens is 1. The van der Waals surface area contributed by atoms with Crippen LogP contribution < -0.4 is 4.74 Å². The predicted octanol–water partition coefficient (Wildman–Crippen LogP) is 2.55. The fourth-order valence-electron chi connectivity index (χ4n) is 1.12. The second-order valence-corrected chi connectivity index (χ2v) is 3.73. The van der Waals surface area contributed by atoms with E-state index in [1.807, 2.05) is 29.6 Å². The lowest BCUT2D eigenvalue weighted by atomic mass is 10.3. The van der Waals surface area contributed by atoms with Gasteiger partial charge in [0.15, 0.2) is 11.4 Å². The average molecular weight is 215 g/mol. The van der Waals surface area contributed by atoms with Crippen molar-refractivity contribution in [3.63, 3.8) is 0 Å². The first-order valence-corrected chi connectivity index (χ1v) is 5.32. The van der Waals surface area contributed by atoms with Crippen LogP contribution in [0.3, 0.4) is 0 Å². The van der Waals surface area contributed by atoms with Gasteiger partial charge < -0.3 is 4.74 Å². The van der Waals surface area contributed by atoms with Gasteiger partial charge in [0.05, 0.1) is 12.0 Å². The number of hydrogen-bond acceptors (Lipinski definition) is 3. The molecule has 0 atom stereocenters. The Bertz CT molecular complexity index is 494. The summed E-state index contributed by atoms with van der Waals surface area (Å²) < 4.78 is 5.15. The molecular formula is C12H9NOS. The van der Waals surface area contributed by atoms with Crippen LogP contribution >= 0.6 is 11.3 Å². The van der Waals surface area contributed by atoms with E-state index in [0.29, 0.717) is 11.4 Å². The minimum Gasteiger partial charge on any atom is -0.494 e. The summed E-state index contributed by atoms with van der Waals surface area (Å²) in [6.07, 6.45) is 1.71. The third kappa shape index (κ3) is 2.36. The highest BCUT2D eigenvalue weighted by molar-refractivity contribution is 7.10. The van der Waals surface area contributed by atoms with Crippen LogP contribution in [0.4, 0.5) is 0 Å². The highest BCUT2D eigenvalue weighted by Crippen LogP contribution is 2.13. The minimum absolute atomic E-state index is 0.674. The number of pyridine rings is 1. The third-order valence-corrected chi connectivity index (χ3v) is 2.60. The van der Waals surface area contributed by atoms with Crippen LogP contribution in [0.15, 0.2) is 35.8 Å². The molecule has 0 aliphatic rings. The second-order valence-electron chi connectivity index (χ2n) is 2.78. The summed E-state index contributed by atoms with van der Waals surface area (Å²) in [5.74, 6) is 6.74. The topological polar surface area (TPSA) is 22.1 Å². The minimum atomic E-state index is 0.674. The van der Waals surface area contributed by atoms with E-state index in [0.717, 1.165) is 4.88 Å².